The minimum absolute atomic E-state index is 0.0663. The average Bonchev–Trinajstić information content (AvgIpc) is 3.36. The Morgan fingerprint density at radius 2 is 1.55 bits per heavy atom. The van der Waals surface area contributed by atoms with Gasteiger partial charge < -0.3 is 15.0 Å². The summed E-state index contributed by atoms with van der Waals surface area (Å²) in [7, 11) is 1.66. The van der Waals surface area contributed by atoms with Gasteiger partial charge in [-0.05, 0) is 60.4 Å². The minimum atomic E-state index is -0.0876. The van der Waals surface area contributed by atoms with Crippen molar-refractivity contribution in [3.8, 4) is 5.75 Å². The maximum absolute atomic E-state index is 12.6. The van der Waals surface area contributed by atoms with Gasteiger partial charge in [0.05, 0.1) is 19.7 Å². The maximum Gasteiger partial charge on any atom is 0.238 e. The summed E-state index contributed by atoms with van der Waals surface area (Å²) >= 11 is 0. The van der Waals surface area contributed by atoms with Crippen molar-refractivity contribution in [2.45, 2.75) is 18.9 Å². The molecule has 3 aromatic rings. The summed E-state index contributed by atoms with van der Waals surface area (Å²) in [5.41, 5.74) is 4.22. The molecule has 0 bridgehead atoms. The fourth-order valence-electron chi connectivity index (χ4n) is 4.00. The van der Waals surface area contributed by atoms with Gasteiger partial charge in [-0.2, -0.15) is 0 Å². The molecular weight excluding hydrogens is 386 g/mol. The Balaban J connectivity index is 1.39. The number of rotatable bonds is 8. The summed E-state index contributed by atoms with van der Waals surface area (Å²) < 4.78 is 5.27. The van der Waals surface area contributed by atoms with Gasteiger partial charge in [-0.1, -0.05) is 42.5 Å². The van der Waals surface area contributed by atoms with Crippen LogP contribution in [-0.2, 0) is 4.79 Å². The first-order valence-corrected chi connectivity index (χ1v) is 10.8. The van der Waals surface area contributed by atoms with Crippen LogP contribution in [0.1, 0.15) is 30.0 Å². The molecule has 4 rings (SSSR count). The summed E-state index contributed by atoms with van der Waals surface area (Å²) in [5.74, 6) is 0.744. The van der Waals surface area contributed by atoms with Gasteiger partial charge in [-0.3, -0.25) is 10.1 Å². The van der Waals surface area contributed by atoms with Crippen LogP contribution in [0.15, 0.2) is 78.9 Å². The van der Waals surface area contributed by atoms with Crippen molar-refractivity contribution in [3.63, 3.8) is 0 Å². The third-order valence-electron chi connectivity index (χ3n) is 5.67. The molecule has 1 saturated heterocycles. The zero-order chi connectivity index (χ0) is 21.5. The Hall–Kier alpha value is -3.31. The molecule has 1 aliphatic heterocycles. The van der Waals surface area contributed by atoms with E-state index in [0.29, 0.717) is 0 Å². The molecule has 160 valence electrons. The van der Waals surface area contributed by atoms with Crippen molar-refractivity contribution in [3.05, 3.63) is 90.0 Å². The molecule has 3 aromatic carbocycles. The van der Waals surface area contributed by atoms with Crippen LogP contribution in [0.3, 0.4) is 0 Å². The quantitative estimate of drug-likeness (QED) is 0.564. The molecule has 1 aliphatic rings. The largest absolute Gasteiger partial charge is 0.497 e. The van der Waals surface area contributed by atoms with Gasteiger partial charge in [0.1, 0.15) is 5.75 Å². The first-order valence-electron chi connectivity index (χ1n) is 10.8. The van der Waals surface area contributed by atoms with E-state index >= 15 is 0 Å². The second-order valence-corrected chi connectivity index (χ2v) is 7.79. The van der Waals surface area contributed by atoms with E-state index in [9.17, 15) is 4.79 Å². The number of hydrogen-bond acceptors (Lipinski definition) is 4. The van der Waals surface area contributed by atoms with Crippen LogP contribution < -0.4 is 20.3 Å². The van der Waals surface area contributed by atoms with Crippen LogP contribution in [0.25, 0.3) is 0 Å². The van der Waals surface area contributed by atoms with Gasteiger partial charge in [-0.15, -0.1) is 0 Å². The molecule has 0 aromatic heterocycles. The van der Waals surface area contributed by atoms with Gasteiger partial charge in [0.25, 0.3) is 0 Å². The van der Waals surface area contributed by atoms with Gasteiger partial charge in [0.15, 0.2) is 0 Å². The van der Waals surface area contributed by atoms with Crippen molar-refractivity contribution in [1.29, 1.82) is 0 Å². The van der Waals surface area contributed by atoms with E-state index in [1.54, 1.807) is 7.11 Å². The van der Waals surface area contributed by atoms with E-state index < -0.39 is 0 Å². The number of nitrogens with zero attached hydrogens (tertiary/aromatic N) is 1. The summed E-state index contributed by atoms with van der Waals surface area (Å²) in [4.78, 5) is 15.0. The summed E-state index contributed by atoms with van der Waals surface area (Å²) in [6, 6.07) is 26.1. The summed E-state index contributed by atoms with van der Waals surface area (Å²) in [6.45, 7) is 2.43. The number of methoxy groups -OCH3 is 1. The Kier molecular flexibility index (Phi) is 6.85. The molecule has 0 spiro atoms. The van der Waals surface area contributed by atoms with E-state index in [2.05, 4.69) is 39.8 Å². The van der Waals surface area contributed by atoms with Crippen molar-refractivity contribution >= 4 is 17.3 Å². The predicted molar refractivity (Wildman–Crippen MR) is 126 cm³/mol. The molecule has 31 heavy (non-hydrogen) atoms. The molecule has 5 heteroatoms. The summed E-state index contributed by atoms with van der Waals surface area (Å²) in [6.07, 6.45) is 2.50. The van der Waals surface area contributed by atoms with E-state index in [1.165, 1.54) is 18.5 Å². The van der Waals surface area contributed by atoms with Crippen molar-refractivity contribution in [2.75, 3.05) is 37.0 Å². The maximum atomic E-state index is 12.6. The fraction of sp³-hybridized carbons (Fsp3) is 0.269. The number of carbonyl (C=O) groups excluding carboxylic acids is 1. The second kappa shape index (κ2) is 10.1. The number of amides is 1. The van der Waals surface area contributed by atoms with Crippen LogP contribution in [0.5, 0.6) is 5.75 Å². The highest BCUT2D eigenvalue weighted by atomic mass is 16.5. The Morgan fingerprint density at radius 1 is 0.903 bits per heavy atom. The SMILES string of the molecule is COc1ccc(C(NCC(=O)Nc2ccc(N3CCCC3)cc2)c2ccccc2)cc1. The Labute approximate surface area is 184 Å². The van der Waals surface area contributed by atoms with Gasteiger partial charge in [0.2, 0.25) is 5.91 Å². The molecule has 0 saturated carbocycles. The van der Waals surface area contributed by atoms with Gasteiger partial charge >= 0.3 is 0 Å². The molecule has 1 fully saturated rings. The number of ether oxygens (including phenoxy) is 1. The normalized spacial score (nSPS) is 14.3. The van der Waals surface area contributed by atoms with Crippen LogP contribution in [0.2, 0.25) is 0 Å². The molecule has 1 heterocycles. The lowest BCUT2D eigenvalue weighted by Gasteiger charge is -2.20. The molecule has 0 radical (unpaired) electrons. The fourth-order valence-corrected chi connectivity index (χ4v) is 4.00. The lowest BCUT2D eigenvalue weighted by Crippen LogP contribution is -2.32. The van der Waals surface area contributed by atoms with E-state index in [0.717, 1.165) is 35.7 Å². The molecule has 0 aliphatic carbocycles. The highest BCUT2D eigenvalue weighted by Gasteiger charge is 2.16. The van der Waals surface area contributed by atoms with Gasteiger partial charge in [-0.25, -0.2) is 0 Å². The summed E-state index contributed by atoms with van der Waals surface area (Å²) in [5, 5.41) is 6.40. The topological polar surface area (TPSA) is 53.6 Å². The molecule has 1 unspecified atom stereocenters. The van der Waals surface area contributed by atoms with Crippen molar-refractivity contribution in [1.82, 2.24) is 5.32 Å². The first-order chi connectivity index (χ1) is 15.2. The average molecular weight is 416 g/mol. The highest BCUT2D eigenvalue weighted by molar-refractivity contribution is 5.92. The molecular formula is C26H29N3O2. The second-order valence-electron chi connectivity index (χ2n) is 7.79. The minimum Gasteiger partial charge on any atom is -0.497 e. The third kappa shape index (κ3) is 5.44. The van der Waals surface area contributed by atoms with Crippen LogP contribution in [0, 0.1) is 0 Å². The molecule has 5 nitrogen and oxygen atoms in total. The smallest absolute Gasteiger partial charge is 0.238 e. The zero-order valence-corrected chi connectivity index (χ0v) is 17.9. The Morgan fingerprint density at radius 3 is 2.19 bits per heavy atom. The van der Waals surface area contributed by atoms with Crippen molar-refractivity contribution in [2.24, 2.45) is 0 Å². The van der Waals surface area contributed by atoms with Gasteiger partial charge in [0, 0.05) is 24.5 Å². The van der Waals surface area contributed by atoms with E-state index in [-0.39, 0.29) is 18.5 Å². The zero-order valence-electron chi connectivity index (χ0n) is 17.9. The number of anilines is 2. The van der Waals surface area contributed by atoms with Crippen LogP contribution >= 0.6 is 0 Å². The van der Waals surface area contributed by atoms with Crippen molar-refractivity contribution < 1.29 is 9.53 Å². The monoisotopic (exact) mass is 415 g/mol. The lowest BCUT2D eigenvalue weighted by molar-refractivity contribution is -0.115. The van der Waals surface area contributed by atoms with Crippen LogP contribution in [0.4, 0.5) is 11.4 Å². The number of benzene rings is 3. The molecule has 1 atom stereocenters. The Bertz CT molecular complexity index is 966. The first kappa shape index (κ1) is 20.9. The standard InChI is InChI=1S/C26H29N3O2/c1-31-24-15-9-21(10-16-24)26(20-7-3-2-4-8-20)27-19-25(30)28-22-11-13-23(14-12-22)29-17-5-6-18-29/h2-4,7-16,26-27H,5-6,17-19H2,1H3,(H,28,30). The number of hydrogen-bond donors (Lipinski definition) is 2. The number of nitrogens with one attached hydrogen (secondary N) is 2. The van der Waals surface area contributed by atoms with E-state index in [1.807, 2.05) is 54.6 Å². The highest BCUT2D eigenvalue weighted by Crippen LogP contribution is 2.24. The molecule has 1 amide bonds. The predicted octanol–water partition coefficient (Wildman–Crippen LogP) is 4.61. The van der Waals surface area contributed by atoms with Crippen LogP contribution in [-0.4, -0.2) is 32.7 Å². The third-order valence-corrected chi connectivity index (χ3v) is 5.67. The number of carbonyl (C=O) groups is 1. The molecule has 2 N–H and O–H groups in total. The lowest BCUT2D eigenvalue weighted by atomic mass is 9.98. The van der Waals surface area contributed by atoms with E-state index in [4.69, 9.17) is 4.74 Å².